The van der Waals surface area contributed by atoms with Crippen molar-refractivity contribution < 1.29 is 0 Å². The van der Waals surface area contributed by atoms with Crippen molar-refractivity contribution >= 4 is 0 Å². The van der Waals surface area contributed by atoms with Crippen LogP contribution in [0.1, 0.15) is 39.0 Å². The molecule has 2 aliphatic rings. The van der Waals surface area contributed by atoms with E-state index in [1.807, 2.05) is 0 Å². The van der Waals surface area contributed by atoms with Gasteiger partial charge in [-0.2, -0.15) is 0 Å². The maximum absolute atomic E-state index is 3.47. The van der Waals surface area contributed by atoms with Crippen LogP contribution < -0.4 is 5.32 Å². The predicted octanol–water partition coefficient (Wildman–Crippen LogP) is 1.79. The molecule has 0 radical (unpaired) electrons. The molecule has 2 saturated heterocycles. The Morgan fingerprint density at radius 3 is 2.61 bits per heavy atom. The summed E-state index contributed by atoms with van der Waals surface area (Å²) in [6.45, 7) is 9.91. The summed E-state index contributed by atoms with van der Waals surface area (Å²) >= 11 is 0. The molecule has 0 aromatic carbocycles. The zero-order valence-corrected chi connectivity index (χ0v) is 12.3. The molecule has 3 nitrogen and oxygen atoms in total. The van der Waals surface area contributed by atoms with Gasteiger partial charge >= 0.3 is 0 Å². The van der Waals surface area contributed by atoms with E-state index in [-0.39, 0.29) is 0 Å². The first-order chi connectivity index (χ1) is 8.79. The van der Waals surface area contributed by atoms with Gasteiger partial charge in [-0.15, -0.1) is 0 Å². The van der Waals surface area contributed by atoms with Crippen LogP contribution in [-0.2, 0) is 0 Å². The van der Waals surface area contributed by atoms with Gasteiger partial charge in [-0.1, -0.05) is 6.92 Å². The van der Waals surface area contributed by atoms with E-state index < -0.39 is 0 Å². The highest BCUT2D eigenvalue weighted by Crippen LogP contribution is 2.19. The van der Waals surface area contributed by atoms with E-state index in [1.165, 1.54) is 71.4 Å². The van der Waals surface area contributed by atoms with Crippen molar-refractivity contribution in [3.8, 4) is 0 Å². The Hall–Kier alpha value is -0.120. The molecule has 2 rings (SSSR count). The molecule has 18 heavy (non-hydrogen) atoms. The quantitative estimate of drug-likeness (QED) is 0.824. The zero-order chi connectivity index (χ0) is 12.8. The lowest BCUT2D eigenvalue weighted by molar-refractivity contribution is 0.171. The highest BCUT2D eigenvalue weighted by molar-refractivity contribution is 4.79. The average Bonchev–Trinajstić information content (AvgIpc) is 2.65. The van der Waals surface area contributed by atoms with Crippen LogP contribution in [0, 0.1) is 5.92 Å². The molecule has 0 saturated carbocycles. The molecule has 2 fully saturated rings. The molecule has 0 spiro atoms. The minimum absolute atomic E-state index is 0.830. The third-order valence-electron chi connectivity index (χ3n) is 4.87. The fourth-order valence-corrected chi connectivity index (χ4v) is 3.52. The fraction of sp³-hybridized carbons (Fsp3) is 1.00. The second-order valence-corrected chi connectivity index (χ2v) is 6.15. The predicted molar refractivity (Wildman–Crippen MR) is 78.0 cm³/mol. The van der Waals surface area contributed by atoms with Crippen molar-refractivity contribution in [3.63, 3.8) is 0 Å². The molecule has 3 heteroatoms. The molecule has 0 bridgehead atoms. The first-order valence-corrected chi connectivity index (χ1v) is 7.93. The molecule has 106 valence electrons. The van der Waals surface area contributed by atoms with Gasteiger partial charge in [-0.25, -0.2) is 0 Å². The lowest BCUT2D eigenvalue weighted by Gasteiger charge is -2.32. The normalized spacial score (nSPS) is 28.5. The van der Waals surface area contributed by atoms with Gasteiger partial charge in [0, 0.05) is 12.6 Å². The Morgan fingerprint density at radius 1 is 1.11 bits per heavy atom. The number of hydrogen-bond acceptors (Lipinski definition) is 3. The summed E-state index contributed by atoms with van der Waals surface area (Å²) in [5.41, 5.74) is 0. The van der Waals surface area contributed by atoms with E-state index in [9.17, 15) is 0 Å². The van der Waals surface area contributed by atoms with Crippen molar-refractivity contribution in [2.75, 3.05) is 46.3 Å². The molecule has 0 aromatic heterocycles. The van der Waals surface area contributed by atoms with Crippen LogP contribution in [0.5, 0.6) is 0 Å². The van der Waals surface area contributed by atoms with E-state index >= 15 is 0 Å². The van der Waals surface area contributed by atoms with Gasteiger partial charge in [0.1, 0.15) is 0 Å². The minimum atomic E-state index is 0.830. The van der Waals surface area contributed by atoms with E-state index in [0.29, 0.717) is 0 Å². The Kier molecular flexibility index (Phi) is 5.93. The van der Waals surface area contributed by atoms with Crippen molar-refractivity contribution in [1.29, 1.82) is 0 Å². The summed E-state index contributed by atoms with van der Waals surface area (Å²) in [7, 11) is 2.36. The summed E-state index contributed by atoms with van der Waals surface area (Å²) in [6, 6.07) is 0.830. The average molecular weight is 253 g/mol. The lowest BCUT2D eigenvalue weighted by Crippen LogP contribution is -2.39. The van der Waals surface area contributed by atoms with Gasteiger partial charge in [-0.05, 0) is 77.8 Å². The van der Waals surface area contributed by atoms with Crippen LogP contribution in [0.3, 0.4) is 0 Å². The molecule has 1 atom stereocenters. The molecule has 1 N–H and O–H groups in total. The van der Waals surface area contributed by atoms with E-state index in [2.05, 4.69) is 29.1 Å². The van der Waals surface area contributed by atoms with Crippen LogP contribution >= 0.6 is 0 Å². The van der Waals surface area contributed by atoms with Crippen molar-refractivity contribution in [3.05, 3.63) is 0 Å². The fourth-order valence-electron chi connectivity index (χ4n) is 3.52. The number of piperidine rings is 1. The molecule has 0 amide bonds. The van der Waals surface area contributed by atoms with Gasteiger partial charge < -0.3 is 15.1 Å². The van der Waals surface area contributed by atoms with Gasteiger partial charge in [0.2, 0.25) is 0 Å². The van der Waals surface area contributed by atoms with Crippen LogP contribution in [0.15, 0.2) is 0 Å². The molecule has 1 unspecified atom stereocenters. The highest BCUT2D eigenvalue weighted by Gasteiger charge is 2.22. The summed E-state index contributed by atoms with van der Waals surface area (Å²) in [4.78, 5) is 5.27. The first-order valence-electron chi connectivity index (χ1n) is 7.93. The van der Waals surface area contributed by atoms with E-state index in [0.717, 1.165) is 12.0 Å². The van der Waals surface area contributed by atoms with Crippen LogP contribution in [-0.4, -0.2) is 62.2 Å². The Morgan fingerprint density at radius 2 is 1.89 bits per heavy atom. The number of nitrogens with one attached hydrogen (secondary N) is 1. The molecule has 2 aliphatic heterocycles. The molecular formula is C15H31N3. The first kappa shape index (κ1) is 14.3. The standard InChI is InChI=1S/C15H31N3/c1-3-18-11-4-5-15(8-12-18)17(2)13-14-6-9-16-10-7-14/h14-16H,3-13H2,1-2H3. The maximum atomic E-state index is 3.47. The van der Waals surface area contributed by atoms with E-state index in [4.69, 9.17) is 0 Å². The second-order valence-electron chi connectivity index (χ2n) is 6.15. The SMILES string of the molecule is CCN1CCCC(N(C)CC2CCNCC2)CC1. The minimum Gasteiger partial charge on any atom is -0.317 e. The second kappa shape index (κ2) is 7.46. The van der Waals surface area contributed by atoms with Crippen LogP contribution in [0.4, 0.5) is 0 Å². The molecule has 0 aliphatic carbocycles. The number of likely N-dealkylation sites (tertiary alicyclic amines) is 1. The zero-order valence-electron chi connectivity index (χ0n) is 12.3. The van der Waals surface area contributed by atoms with Crippen molar-refractivity contribution in [2.45, 2.75) is 45.1 Å². The Bertz CT molecular complexity index is 226. The summed E-state index contributed by atoms with van der Waals surface area (Å²) < 4.78 is 0. The van der Waals surface area contributed by atoms with Gasteiger partial charge in [0.15, 0.2) is 0 Å². The highest BCUT2D eigenvalue weighted by atomic mass is 15.2. The summed E-state index contributed by atoms with van der Waals surface area (Å²) in [6.07, 6.45) is 6.90. The monoisotopic (exact) mass is 253 g/mol. The molecule has 0 aromatic rings. The third-order valence-corrected chi connectivity index (χ3v) is 4.87. The van der Waals surface area contributed by atoms with Crippen LogP contribution in [0.2, 0.25) is 0 Å². The summed E-state index contributed by atoms with van der Waals surface area (Å²) in [5, 5.41) is 3.47. The Balaban J connectivity index is 1.75. The number of hydrogen-bond donors (Lipinski definition) is 1. The van der Waals surface area contributed by atoms with Crippen molar-refractivity contribution in [2.24, 2.45) is 5.92 Å². The smallest absolute Gasteiger partial charge is 0.0105 e. The third kappa shape index (κ3) is 4.22. The molecule has 2 heterocycles. The van der Waals surface area contributed by atoms with E-state index in [1.54, 1.807) is 0 Å². The largest absolute Gasteiger partial charge is 0.317 e. The van der Waals surface area contributed by atoms with Gasteiger partial charge in [0.05, 0.1) is 0 Å². The van der Waals surface area contributed by atoms with Crippen LogP contribution in [0.25, 0.3) is 0 Å². The van der Waals surface area contributed by atoms with Gasteiger partial charge in [0.25, 0.3) is 0 Å². The molecular weight excluding hydrogens is 222 g/mol. The van der Waals surface area contributed by atoms with Crippen molar-refractivity contribution in [1.82, 2.24) is 15.1 Å². The topological polar surface area (TPSA) is 18.5 Å². The Labute approximate surface area is 113 Å². The van der Waals surface area contributed by atoms with Gasteiger partial charge in [-0.3, -0.25) is 0 Å². The number of rotatable bonds is 4. The lowest BCUT2D eigenvalue weighted by atomic mass is 9.96. The maximum Gasteiger partial charge on any atom is 0.0105 e. The summed E-state index contributed by atoms with van der Waals surface area (Å²) in [5.74, 6) is 0.932. The number of nitrogens with zero attached hydrogens (tertiary/aromatic N) is 2.